The van der Waals surface area contributed by atoms with Gasteiger partial charge in [0.1, 0.15) is 17.6 Å². The minimum absolute atomic E-state index is 0.157. The lowest BCUT2D eigenvalue weighted by molar-refractivity contribution is -0.142. The summed E-state index contributed by atoms with van der Waals surface area (Å²) in [7, 11) is 0. The van der Waals surface area contributed by atoms with Gasteiger partial charge in [-0.1, -0.05) is 29.8 Å². The Morgan fingerprint density at radius 1 is 1.14 bits per heavy atom. The van der Waals surface area contributed by atoms with Crippen molar-refractivity contribution in [3.05, 3.63) is 64.9 Å². The lowest BCUT2D eigenvalue weighted by Crippen LogP contribution is -2.53. The first-order valence-corrected chi connectivity index (χ1v) is 9.68. The van der Waals surface area contributed by atoms with Crippen molar-refractivity contribution in [2.75, 3.05) is 6.61 Å². The van der Waals surface area contributed by atoms with E-state index in [9.17, 15) is 14.0 Å². The highest BCUT2D eigenvalue weighted by Gasteiger charge is 2.29. The van der Waals surface area contributed by atoms with Crippen molar-refractivity contribution in [3.8, 4) is 5.75 Å². The van der Waals surface area contributed by atoms with Gasteiger partial charge in [0.05, 0.1) is 0 Å². The van der Waals surface area contributed by atoms with Gasteiger partial charge in [-0.2, -0.15) is 0 Å². The Bertz CT molecular complexity index is 850. The highest BCUT2D eigenvalue weighted by atomic mass is 35.5. The molecule has 29 heavy (non-hydrogen) atoms. The molecule has 0 aliphatic heterocycles. The van der Waals surface area contributed by atoms with E-state index in [1.54, 1.807) is 25.1 Å². The van der Waals surface area contributed by atoms with Gasteiger partial charge in [-0.15, -0.1) is 0 Å². The Morgan fingerprint density at radius 2 is 1.76 bits per heavy atom. The van der Waals surface area contributed by atoms with Crippen LogP contribution in [0.15, 0.2) is 48.5 Å². The van der Waals surface area contributed by atoms with Crippen molar-refractivity contribution in [1.29, 1.82) is 0 Å². The number of hydrogen-bond acceptors (Lipinski definition) is 3. The first-order valence-electron chi connectivity index (χ1n) is 9.30. The fourth-order valence-corrected chi connectivity index (χ4v) is 2.82. The van der Waals surface area contributed by atoms with Crippen LogP contribution >= 0.6 is 11.6 Å². The molecule has 0 saturated carbocycles. The van der Waals surface area contributed by atoms with Crippen LogP contribution in [0.5, 0.6) is 5.75 Å². The summed E-state index contributed by atoms with van der Waals surface area (Å²) in [5.41, 5.74) is 0.286. The number of hydrogen-bond donors (Lipinski definition) is 1. The molecule has 0 bridgehead atoms. The largest absolute Gasteiger partial charge is 0.484 e. The van der Waals surface area contributed by atoms with Crippen LogP contribution in [0.3, 0.4) is 0 Å². The van der Waals surface area contributed by atoms with Gasteiger partial charge in [0.25, 0.3) is 5.91 Å². The molecule has 0 aromatic heterocycles. The van der Waals surface area contributed by atoms with Crippen LogP contribution in [0.4, 0.5) is 4.39 Å². The summed E-state index contributed by atoms with van der Waals surface area (Å²) in [6, 6.07) is 11.8. The summed E-state index contributed by atoms with van der Waals surface area (Å²) in [6.45, 7) is 7.14. The van der Waals surface area contributed by atoms with E-state index in [0.29, 0.717) is 10.8 Å². The van der Waals surface area contributed by atoms with E-state index < -0.39 is 17.4 Å². The van der Waals surface area contributed by atoms with Crippen molar-refractivity contribution < 1.29 is 18.7 Å². The molecule has 0 fully saturated rings. The predicted molar refractivity (Wildman–Crippen MR) is 111 cm³/mol. The SMILES string of the molecule is C[C@H](C(=O)NC(C)(C)C)N(Cc1ccccc1Cl)C(=O)COc1ccc(F)cc1. The van der Waals surface area contributed by atoms with Crippen molar-refractivity contribution in [2.24, 2.45) is 0 Å². The lowest BCUT2D eigenvalue weighted by Gasteiger charge is -2.31. The van der Waals surface area contributed by atoms with Crippen molar-refractivity contribution in [1.82, 2.24) is 10.2 Å². The standard InChI is InChI=1S/C22H26ClFN2O3/c1-15(21(28)25-22(2,3)4)26(13-16-7-5-6-8-19(16)23)20(27)14-29-18-11-9-17(24)10-12-18/h5-12,15H,13-14H2,1-4H3,(H,25,28)/t15-/m1/s1. The Hall–Kier alpha value is -2.60. The number of nitrogens with one attached hydrogen (secondary N) is 1. The van der Waals surface area contributed by atoms with Crippen molar-refractivity contribution in [3.63, 3.8) is 0 Å². The van der Waals surface area contributed by atoms with Gasteiger partial charge in [0, 0.05) is 17.1 Å². The first kappa shape index (κ1) is 22.7. The molecular formula is C22H26ClFN2O3. The fraction of sp³-hybridized carbons (Fsp3) is 0.364. The van der Waals surface area contributed by atoms with Crippen LogP contribution in [-0.2, 0) is 16.1 Å². The third-order valence-corrected chi connectivity index (χ3v) is 4.51. The average Bonchev–Trinajstić information content (AvgIpc) is 2.65. The molecule has 5 nitrogen and oxygen atoms in total. The molecule has 0 unspecified atom stereocenters. The van der Waals surface area contributed by atoms with Gasteiger partial charge in [0.2, 0.25) is 5.91 Å². The van der Waals surface area contributed by atoms with E-state index in [2.05, 4.69) is 5.32 Å². The number of carbonyl (C=O) groups is 2. The molecule has 1 atom stereocenters. The maximum absolute atomic E-state index is 13.0. The maximum atomic E-state index is 13.0. The Labute approximate surface area is 175 Å². The molecule has 2 aromatic carbocycles. The molecule has 0 spiro atoms. The second-order valence-electron chi connectivity index (χ2n) is 7.77. The number of halogens is 2. The maximum Gasteiger partial charge on any atom is 0.261 e. The monoisotopic (exact) mass is 420 g/mol. The molecule has 0 aliphatic rings. The van der Waals surface area contributed by atoms with E-state index in [-0.39, 0.29) is 25.0 Å². The summed E-state index contributed by atoms with van der Waals surface area (Å²) in [4.78, 5) is 27.0. The molecule has 0 heterocycles. The topological polar surface area (TPSA) is 58.6 Å². The number of amides is 2. The Kier molecular flexibility index (Phi) is 7.62. The molecule has 2 aromatic rings. The van der Waals surface area contributed by atoms with Crippen LogP contribution in [0.1, 0.15) is 33.3 Å². The summed E-state index contributed by atoms with van der Waals surface area (Å²) >= 11 is 6.25. The molecule has 0 saturated heterocycles. The number of rotatable bonds is 7. The predicted octanol–water partition coefficient (Wildman–Crippen LogP) is 4.19. The van der Waals surface area contributed by atoms with E-state index in [1.807, 2.05) is 26.8 Å². The van der Waals surface area contributed by atoms with Gasteiger partial charge >= 0.3 is 0 Å². The third-order valence-electron chi connectivity index (χ3n) is 4.14. The van der Waals surface area contributed by atoms with Crippen LogP contribution in [0.2, 0.25) is 5.02 Å². The van der Waals surface area contributed by atoms with Gasteiger partial charge in [-0.25, -0.2) is 4.39 Å². The van der Waals surface area contributed by atoms with E-state index >= 15 is 0 Å². The Balaban J connectivity index is 2.18. The van der Waals surface area contributed by atoms with Gasteiger partial charge < -0.3 is 15.0 Å². The summed E-state index contributed by atoms with van der Waals surface area (Å²) in [5.74, 6) is -0.689. The van der Waals surface area contributed by atoms with Gasteiger partial charge in [0.15, 0.2) is 6.61 Å². The molecule has 1 N–H and O–H groups in total. The lowest BCUT2D eigenvalue weighted by atomic mass is 10.1. The zero-order valence-electron chi connectivity index (χ0n) is 17.0. The average molecular weight is 421 g/mol. The number of carbonyl (C=O) groups excluding carboxylic acids is 2. The number of benzene rings is 2. The first-order chi connectivity index (χ1) is 13.6. The second kappa shape index (κ2) is 9.74. The minimum atomic E-state index is -0.741. The third kappa shape index (κ3) is 7.06. The quantitative estimate of drug-likeness (QED) is 0.730. The van der Waals surface area contributed by atoms with Crippen LogP contribution in [-0.4, -0.2) is 34.9 Å². The zero-order valence-corrected chi connectivity index (χ0v) is 17.8. The molecular weight excluding hydrogens is 395 g/mol. The number of ether oxygens (including phenoxy) is 1. The highest BCUT2D eigenvalue weighted by Crippen LogP contribution is 2.19. The van der Waals surface area contributed by atoms with Crippen molar-refractivity contribution in [2.45, 2.75) is 45.8 Å². The summed E-state index contributed by atoms with van der Waals surface area (Å²) < 4.78 is 18.5. The van der Waals surface area contributed by atoms with E-state index in [4.69, 9.17) is 16.3 Å². The highest BCUT2D eigenvalue weighted by molar-refractivity contribution is 6.31. The molecule has 156 valence electrons. The summed E-state index contributed by atoms with van der Waals surface area (Å²) in [6.07, 6.45) is 0. The van der Waals surface area contributed by atoms with Crippen molar-refractivity contribution >= 4 is 23.4 Å². The number of nitrogens with zero attached hydrogens (tertiary/aromatic N) is 1. The molecule has 2 amide bonds. The molecule has 0 radical (unpaired) electrons. The minimum Gasteiger partial charge on any atom is -0.484 e. The van der Waals surface area contributed by atoms with E-state index in [0.717, 1.165) is 5.56 Å². The fourth-order valence-electron chi connectivity index (χ4n) is 2.63. The molecule has 2 rings (SSSR count). The van der Waals surface area contributed by atoms with E-state index in [1.165, 1.54) is 29.2 Å². The van der Waals surface area contributed by atoms with Gasteiger partial charge in [-0.3, -0.25) is 9.59 Å². The van der Waals surface area contributed by atoms with Crippen LogP contribution in [0.25, 0.3) is 0 Å². The summed E-state index contributed by atoms with van der Waals surface area (Å²) in [5, 5.41) is 3.39. The Morgan fingerprint density at radius 3 is 2.34 bits per heavy atom. The normalized spacial score (nSPS) is 12.2. The second-order valence-corrected chi connectivity index (χ2v) is 8.18. The molecule has 7 heteroatoms. The van der Waals surface area contributed by atoms with Gasteiger partial charge in [-0.05, 0) is 63.6 Å². The smallest absolute Gasteiger partial charge is 0.261 e. The zero-order chi connectivity index (χ0) is 21.6. The van der Waals surface area contributed by atoms with Crippen LogP contribution < -0.4 is 10.1 Å². The molecule has 0 aliphatic carbocycles. The van der Waals surface area contributed by atoms with Crippen LogP contribution in [0, 0.1) is 5.82 Å².